The van der Waals surface area contributed by atoms with Gasteiger partial charge in [0.15, 0.2) is 6.10 Å². The maximum atomic E-state index is 11.0. The molecular weight excluding hydrogens is 242 g/mol. The molecule has 1 N–H and O–H groups in total. The highest BCUT2D eigenvalue weighted by molar-refractivity contribution is 5.72. The lowest BCUT2D eigenvalue weighted by Gasteiger charge is -2.36. The van der Waals surface area contributed by atoms with Crippen molar-refractivity contribution < 1.29 is 14.6 Å². The molecule has 0 aromatic carbocycles. The normalized spacial score (nSPS) is 34.2. The molecule has 3 atom stereocenters. The Morgan fingerprint density at radius 3 is 2.74 bits per heavy atom. The highest BCUT2D eigenvalue weighted by Gasteiger charge is 2.31. The van der Waals surface area contributed by atoms with Crippen LogP contribution in [0.2, 0.25) is 0 Å². The molecule has 0 aromatic heterocycles. The van der Waals surface area contributed by atoms with Gasteiger partial charge < -0.3 is 9.84 Å². The van der Waals surface area contributed by atoms with Crippen LogP contribution in [-0.2, 0) is 9.53 Å². The fourth-order valence-electron chi connectivity index (χ4n) is 3.49. The number of rotatable bonds is 3. The molecule has 1 saturated carbocycles. The summed E-state index contributed by atoms with van der Waals surface area (Å²) in [6, 6.07) is 0.564. The summed E-state index contributed by atoms with van der Waals surface area (Å²) in [7, 11) is 0. The van der Waals surface area contributed by atoms with Crippen LogP contribution in [0.1, 0.15) is 46.0 Å². The van der Waals surface area contributed by atoms with E-state index < -0.39 is 12.1 Å². The molecule has 0 spiro atoms. The van der Waals surface area contributed by atoms with Gasteiger partial charge >= 0.3 is 5.97 Å². The molecule has 2 aliphatic rings. The largest absolute Gasteiger partial charge is 0.479 e. The van der Waals surface area contributed by atoms with Crippen LogP contribution >= 0.6 is 0 Å². The molecule has 0 amide bonds. The molecule has 1 saturated heterocycles. The van der Waals surface area contributed by atoms with E-state index in [1.807, 2.05) is 0 Å². The third-order valence-electron chi connectivity index (χ3n) is 4.82. The number of nitrogens with zero attached hydrogens (tertiary/aromatic N) is 1. The van der Waals surface area contributed by atoms with Crippen LogP contribution < -0.4 is 0 Å². The average molecular weight is 269 g/mol. The van der Waals surface area contributed by atoms with E-state index in [2.05, 4.69) is 18.7 Å². The van der Waals surface area contributed by atoms with E-state index in [-0.39, 0.29) is 0 Å². The van der Waals surface area contributed by atoms with Crippen LogP contribution in [0.5, 0.6) is 0 Å². The van der Waals surface area contributed by atoms with Crippen molar-refractivity contribution in [1.29, 1.82) is 0 Å². The Balaban J connectivity index is 1.89. The standard InChI is InChI=1S/C15H27NO3/c1-11(2)12-4-3-5-13(7-6-12)16-8-9-19-14(10-16)15(17)18/h11-14H,3-10H2,1-2H3,(H,17,18). The first-order valence-electron chi connectivity index (χ1n) is 7.66. The lowest BCUT2D eigenvalue weighted by molar-refractivity contribution is -0.157. The quantitative estimate of drug-likeness (QED) is 0.799. The number of carbonyl (C=O) groups is 1. The molecule has 0 aromatic rings. The maximum Gasteiger partial charge on any atom is 0.334 e. The fraction of sp³-hybridized carbons (Fsp3) is 0.933. The summed E-state index contributed by atoms with van der Waals surface area (Å²) in [6.07, 6.45) is 5.71. The van der Waals surface area contributed by atoms with E-state index >= 15 is 0 Å². The van der Waals surface area contributed by atoms with Gasteiger partial charge in [0.05, 0.1) is 6.61 Å². The van der Waals surface area contributed by atoms with Crippen LogP contribution in [0, 0.1) is 11.8 Å². The van der Waals surface area contributed by atoms with Crippen molar-refractivity contribution >= 4 is 5.97 Å². The van der Waals surface area contributed by atoms with Crippen molar-refractivity contribution in [3.05, 3.63) is 0 Å². The first-order chi connectivity index (χ1) is 9.08. The van der Waals surface area contributed by atoms with Gasteiger partial charge in [-0.1, -0.05) is 26.7 Å². The number of hydrogen-bond acceptors (Lipinski definition) is 3. The Labute approximate surface area is 116 Å². The molecule has 4 nitrogen and oxygen atoms in total. The zero-order valence-electron chi connectivity index (χ0n) is 12.2. The van der Waals surface area contributed by atoms with Crippen molar-refractivity contribution in [2.45, 2.75) is 58.1 Å². The fourth-order valence-corrected chi connectivity index (χ4v) is 3.49. The summed E-state index contributed by atoms with van der Waals surface area (Å²) in [5.74, 6) is 0.801. The van der Waals surface area contributed by atoms with Gasteiger partial charge in [-0.05, 0) is 31.1 Å². The summed E-state index contributed by atoms with van der Waals surface area (Å²) in [6.45, 7) is 6.65. The van der Waals surface area contributed by atoms with Crippen molar-refractivity contribution in [2.24, 2.45) is 11.8 Å². The minimum Gasteiger partial charge on any atom is -0.479 e. The smallest absolute Gasteiger partial charge is 0.334 e. The van der Waals surface area contributed by atoms with Crippen LogP contribution in [-0.4, -0.2) is 47.8 Å². The summed E-state index contributed by atoms with van der Waals surface area (Å²) in [5.41, 5.74) is 0. The van der Waals surface area contributed by atoms with Gasteiger partial charge in [0.25, 0.3) is 0 Å². The summed E-state index contributed by atoms with van der Waals surface area (Å²) in [4.78, 5) is 13.4. The Morgan fingerprint density at radius 2 is 2.05 bits per heavy atom. The zero-order chi connectivity index (χ0) is 13.8. The van der Waals surface area contributed by atoms with Gasteiger partial charge in [0.1, 0.15) is 0 Å². The molecule has 3 unspecified atom stereocenters. The minimum atomic E-state index is -0.821. The maximum absolute atomic E-state index is 11.0. The lowest BCUT2D eigenvalue weighted by atomic mass is 9.89. The van der Waals surface area contributed by atoms with Gasteiger partial charge in [-0.3, -0.25) is 4.90 Å². The van der Waals surface area contributed by atoms with E-state index in [0.717, 1.165) is 18.4 Å². The SMILES string of the molecule is CC(C)C1CCCC(N2CCOC(C(=O)O)C2)CC1. The van der Waals surface area contributed by atoms with Crippen LogP contribution in [0.15, 0.2) is 0 Å². The number of carboxylic acids is 1. The third-order valence-corrected chi connectivity index (χ3v) is 4.82. The first kappa shape index (κ1) is 14.8. The summed E-state index contributed by atoms with van der Waals surface area (Å²) in [5, 5.41) is 9.07. The predicted octanol–water partition coefficient (Wildman–Crippen LogP) is 2.38. The monoisotopic (exact) mass is 269 g/mol. The van der Waals surface area contributed by atoms with Gasteiger partial charge in [-0.15, -0.1) is 0 Å². The molecular formula is C15H27NO3. The average Bonchev–Trinajstić information content (AvgIpc) is 2.64. The molecule has 0 bridgehead atoms. The molecule has 2 rings (SSSR count). The van der Waals surface area contributed by atoms with Crippen LogP contribution in [0.4, 0.5) is 0 Å². The van der Waals surface area contributed by atoms with Gasteiger partial charge in [-0.2, -0.15) is 0 Å². The van der Waals surface area contributed by atoms with Crippen molar-refractivity contribution in [1.82, 2.24) is 4.90 Å². The van der Waals surface area contributed by atoms with Crippen molar-refractivity contribution in [3.63, 3.8) is 0 Å². The molecule has 2 fully saturated rings. The second kappa shape index (κ2) is 6.71. The van der Waals surface area contributed by atoms with Gasteiger partial charge in [-0.25, -0.2) is 4.79 Å². The number of ether oxygens (including phenoxy) is 1. The second-order valence-corrected chi connectivity index (χ2v) is 6.36. The second-order valence-electron chi connectivity index (χ2n) is 6.36. The van der Waals surface area contributed by atoms with Gasteiger partial charge in [0, 0.05) is 19.1 Å². The number of hydrogen-bond donors (Lipinski definition) is 1. The Kier molecular flexibility index (Phi) is 5.22. The van der Waals surface area contributed by atoms with Gasteiger partial charge in [0.2, 0.25) is 0 Å². The predicted molar refractivity (Wildman–Crippen MR) is 74.1 cm³/mol. The molecule has 1 heterocycles. The lowest BCUT2D eigenvalue weighted by Crippen LogP contribution is -2.50. The van der Waals surface area contributed by atoms with E-state index in [4.69, 9.17) is 9.84 Å². The zero-order valence-corrected chi connectivity index (χ0v) is 12.2. The minimum absolute atomic E-state index is 0.557. The Morgan fingerprint density at radius 1 is 1.26 bits per heavy atom. The van der Waals surface area contributed by atoms with E-state index in [9.17, 15) is 4.79 Å². The molecule has 19 heavy (non-hydrogen) atoms. The molecule has 0 radical (unpaired) electrons. The topological polar surface area (TPSA) is 49.8 Å². The van der Waals surface area contributed by atoms with Crippen LogP contribution in [0.3, 0.4) is 0 Å². The van der Waals surface area contributed by atoms with Crippen molar-refractivity contribution in [3.8, 4) is 0 Å². The number of carboxylic acid groups (broad SMARTS) is 1. The van der Waals surface area contributed by atoms with Crippen LogP contribution in [0.25, 0.3) is 0 Å². The molecule has 1 aliphatic carbocycles. The Bertz CT molecular complexity index is 306. The Hall–Kier alpha value is -0.610. The summed E-state index contributed by atoms with van der Waals surface area (Å²) < 4.78 is 5.31. The summed E-state index contributed by atoms with van der Waals surface area (Å²) >= 11 is 0. The first-order valence-corrected chi connectivity index (χ1v) is 7.66. The third kappa shape index (κ3) is 3.93. The number of morpholine rings is 1. The number of aliphatic carboxylic acids is 1. The van der Waals surface area contributed by atoms with E-state index in [1.165, 1.54) is 32.1 Å². The molecule has 1 aliphatic heterocycles. The van der Waals surface area contributed by atoms with Crippen molar-refractivity contribution in [2.75, 3.05) is 19.7 Å². The highest BCUT2D eigenvalue weighted by Crippen LogP contribution is 2.31. The van der Waals surface area contributed by atoms with E-state index in [1.54, 1.807) is 0 Å². The molecule has 110 valence electrons. The highest BCUT2D eigenvalue weighted by atomic mass is 16.5. The molecule has 4 heteroatoms. The van der Waals surface area contributed by atoms with E-state index in [0.29, 0.717) is 19.2 Å².